The summed E-state index contributed by atoms with van der Waals surface area (Å²) in [7, 11) is 0.940. The van der Waals surface area contributed by atoms with Crippen molar-refractivity contribution in [3.63, 3.8) is 0 Å². The van der Waals surface area contributed by atoms with Crippen molar-refractivity contribution >= 4 is 10.8 Å². The fourth-order valence-electron chi connectivity index (χ4n) is 1.62. The van der Waals surface area contributed by atoms with E-state index in [0.717, 1.165) is 25.1 Å². The fraction of sp³-hybridized carbons (Fsp3) is 1.00. The van der Waals surface area contributed by atoms with Crippen LogP contribution in [0.3, 0.4) is 0 Å². The molecule has 0 heterocycles. The highest BCUT2D eigenvalue weighted by atomic mass is 32.2. The normalized spacial score (nSPS) is 17.3. The Morgan fingerprint density at radius 3 is 2.53 bits per heavy atom. The minimum absolute atomic E-state index is 0.229. The van der Waals surface area contributed by atoms with Gasteiger partial charge in [-0.3, -0.25) is 4.21 Å². The molecule has 0 aliphatic heterocycles. The summed E-state index contributed by atoms with van der Waals surface area (Å²) in [6.07, 6.45) is 1.92. The molecule has 0 rings (SSSR count). The highest BCUT2D eigenvalue weighted by Crippen LogP contribution is 2.07. The lowest BCUT2D eigenvalue weighted by atomic mass is 10.2. The summed E-state index contributed by atoms with van der Waals surface area (Å²) in [5.41, 5.74) is 0. The number of methoxy groups -OCH3 is 1. The maximum atomic E-state index is 11.9. The Bertz CT molecular complexity index is 176. The van der Waals surface area contributed by atoms with E-state index in [-0.39, 0.29) is 5.25 Å². The van der Waals surface area contributed by atoms with Crippen molar-refractivity contribution in [3.05, 3.63) is 0 Å². The highest BCUT2D eigenvalue weighted by molar-refractivity contribution is 7.85. The van der Waals surface area contributed by atoms with Crippen LogP contribution in [-0.2, 0) is 15.5 Å². The van der Waals surface area contributed by atoms with Crippen molar-refractivity contribution in [1.29, 1.82) is 0 Å². The van der Waals surface area contributed by atoms with Gasteiger partial charge in [0.05, 0.1) is 0 Å². The number of hydrogen-bond acceptors (Lipinski definition) is 3. The van der Waals surface area contributed by atoms with Crippen molar-refractivity contribution in [2.24, 2.45) is 0 Å². The van der Waals surface area contributed by atoms with E-state index in [4.69, 9.17) is 4.74 Å². The molecular weight excluding hydrogens is 210 g/mol. The molecule has 3 unspecified atom stereocenters. The molecule has 0 aliphatic carbocycles. The molecule has 0 aromatic carbocycles. The molecule has 92 valence electrons. The second-order valence-electron chi connectivity index (χ2n) is 3.71. The van der Waals surface area contributed by atoms with E-state index in [1.165, 1.54) is 0 Å². The molecule has 0 aliphatic rings. The van der Waals surface area contributed by atoms with Crippen LogP contribution in [0, 0.1) is 0 Å². The van der Waals surface area contributed by atoms with Crippen molar-refractivity contribution in [3.8, 4) is 0 Å². The van der Waals surface area contributed by atoms with Crippen molar-refractivity contribution in [1.82, 2.24) is 5.32 Å². The van der Waals surface area contributed by atoms with Gasteiger partial charge in [-0.15, -0.1) is 0 Å². The van der Waals surface area contributed by atoms with Gasteiger partial charge < -0.3 is 10.1 Å². The van der Waals surface area contributed by atoms with Gasteiger partial charge in [-0.2, -0.15) is 0 Å². The Kier molecular flexibility index (Phi) is 9.35. The molecule has 1 N–H and O–H groups in total. The maximum Gasteiger partial charge on any atom is 0.0472 e. The van der Waals surface area contributed by atoms with E-state index >= 15 is 0 Å². The summed E-state index contributed by atoms with van der Waals surface area (Å²) in [5, 5.41) is 3.61. The van der Waals surface area contributed by atoms with Gasteiger partial charge in [0.1, 0.15) is 0 Å². The average Bonchev–Trinajstić information content (AvgIpc) is 2.25. The topological polar surface area (TPSA) is 38.3 Å². The Morgan fingerprint density at radius 2 is 2.07 bits per heavy atom. The highest BCUT2D eigenvalue weighted by Gasteiger charge is 2.19. The van der Waals surface area contributed by atoms with Crippen LogP contribution in [0.25, 0.3) is 0 Å². The van der Waals surface area contributed by atoms with E-state index in [1.807, 2.05) is 0 Å². The summed E-state index contributed by atoms with van der Waals surface area (Å²) in [4.78, 5) is 0. The van der Waals surface area contributed by atoms with Crippen LogP contribution in [-0.4, -0.2) is 41.5 Å². The molecule has 0 saturated heterocycles. The van der Waals surface area contributed by atoms with Crippen LogP contribution < -0.4 is 5.32 Å². The minimum atomic E-state index is -0.740. The second-order valence-corrected chi connectivity index (χ2v) is 5.62. The summed E-state index contributed by atoms with van der Waals surface area (Å²) in [6, 6.07) is 0.373. The van der Waals surface area contributed by atoms with Gasteiger partial charge in [0.25, 0.3) is 0 Å². The van der Waals surface area contributed by atoms with Crippen LogP contribution in [0.15, 0.2) is 0 Å². The molecule has 0 saturated carbocycles. The molecular formula is C11H25NO2S. The quantitative estimate of drug-likeness (QED) is 0.616. The first kappa shape index (κ1) is 15.1. The lowest BCUT2D eigenvalue weighted by Crippen LogP contribution is -2.40. The van der Waals surface area contributed by atoms with Gasteiger partial charge in [0, 0.05) is 41.6 Å². The Balaban J connectivity index is 3.92. The average molecular weight is 235 g/mol. The summed E-state index contributed by atoms with van der Waals surface area (Å²) >= 11 is 0. The third-order valence-electron chi connectivity index (χ3n) is 2.58. The smallest absolute Gasteiger partial charge is 0.0472 e. The third-order valence-corrected chi connectivity index (χ3v) is 4.43. The predicted molar refractivity (Wildman–Crippen MR) is 66.7 cm³/mol. The molecule has 0 radical (unpaired) electrons. The predicted octanol–water partition coefficient (Wildman–Crippen LogP) is 1.55. The molecule has 4 heteroatoms. The molecule has 0 bridgehead atoms. The Hall–Kier alpha value is 0.0700. The number of rotatable bonds is 9. The molecule has 0 amide bonds. The first-order chi connectivity index (χ1) is 7.17. The van der Waals surface area contributed by atoms with Crippen LogP contribution in [0.5, 0.6) is 0 Å². The van der Waals surface area contributed by atoms with E-state index in [2.05, 4.69) is 26.1 Å². The first-order valence-corrected chi connectivity index (χ1v) is 7.15. The molecule has 3 atom stereocenters. The van der Waals surface area contributed by atoms with Crippen LogP contribution >= 0.6 is 0 Å². The van der Waals surface area contributed by atoms with Crippen LogP contribution in [0.2, 0.25) is 0 Å². The Morgan fingerprint density at radius 1 is 1.40 bits per heavy atom. The fourth-order valence-corrected chi connectivity index (χ4v) is 3.05. The zero-order valence-corrected chi connectivity index (χ0v) is 11.2. The monoisotopic (exact) mass is 235 g/mol. The summed E-state index contributed by atoms with van der Waals surface area (Å²) in [6.45, 7) is 7.94. The lowest BCUT2D eigenvalue weighted by Gasteiger charge is -2.22. The number of hydrogen-bond donors (Lipinski definition) is 1. The zero-order valence-electron chi connectivity index (χ0n) is 10.4. The standard InChI is InChI=1S/C11H25NO2S/c1-5-11(12-6-2)10(3)15(13)9-7-8-14-4/h10-12H,5-9H2,1-4H3. The van der Waals surface area contributed by atoms with Crippen molar-refractivity contribution in [2.75, 3.05) is 26.0 Å². The third kappa shape index (κ3) is 6.28. The molecule has 0 spiro atoms. The van der Waals surface area contributed by atoms with Gasteiger partial charge in [0.2, 0.25) is 0 Å². The first-order valence-electron chi connectivity index (χ1n) is 5.76. The Labute approximate surface area is 96.4 Å². The van der Waals surface area contributed by atoms with Gasteiger partial charge in [-0.1, -0.05) is 13.8 Å². The van der Waals surface area contributed by atoms with Gasteiger partial charge >= 0.3 is 0 Å². The molecule has 0 aromatic heterocycles. The SMILES string of the molecule is CCNC(CC)C(C)S(=O)CCCOC. The maximum absolute atomic E-state index is 11.9. The van der Waals surface area contributed by atoms with Crippen molar-refractivity contribution in [2.45, 2.75) is 44.9 Å². The molecule has 15 heavy (non-hydrogen) atoms. The number of nitrogens with one attached hydrogen (secondary N) is 1. The van der Waals surface area contributed by atoms with Gasteiger partial charge in [-0.05, 0) is 26.3 Å². The van der Waals surface area contributed by atoms with E-state index in [1.54, 1.807) is 7.11 Å². The second kappa shape index (κ2) is 9.31. The molecule has 3 nitrogen and oxygen atoms in total. The van der Waals surface area contributed by atoms with E-state index in [9.17, 15) is 4.21 Å². The van der Waals surface area contributed by atoms with Crippen LogP contribution in [0.1, 0.15) is 33.6 Å². The van der Waals surface area contributed by atoms with Crippen LogP contribution in [0.4, 0.5) is 0 Å². The minimum Gasteiger partial charge on any atom is -0.385 e. The lowest BCUT2D eigenvalue weighted by molar-refractivity contribution is 0.200. The largest absolute Gasteiger partial charge is 0.385 e. The molecule has 0 aromatic rings. The van der Waals surface area contributed by atoms with Crippen molar-refractivity contribution < 1.29 is 8.95 Å². The number of ether oxygens (including phenoxy) is 1. The summed E-state index contributed by atoms with van der Waals surface area (Å²) in [5.74, 6) is 0.747. The zero-order chi connectivity index (χ0) is 11.7. The van der Waals surface area contributed by atoms with Gasteiger partial charge in [0.15, 0.2) is 0 Å². The summed E-state index contributed by atoms with van der Waals surface area (Å²) < 4.78 is 16.9. The van der Waals surface area contributed by atoms with Gasteiger partial charge in [-0.25, -0.2) is 0 Å². The molecule has 0 fully saturated rings. The van der Waals surface area contributed by atoms with E-state index in [0.29, 0.717) is 12.6 Å². The van der Waals surface area contributed by atoms with E-state index < -0.39 is 10.8 Å².